The van der Waals surface area contributed by atoms with Crippen molar-refractivity contribution < 1.29 is 4.79 Å². The number of amides is 1. The molecule has 1 amide bonds. The predicted octanol–water partition coefficient (Wildman–Crippen LogP) is 3.08. The number of nitrogens with two attached hydrogens (primary N) is 1. The van der Waals surface area contributed by atoms with E-state index in [0.29, 0.717) is 16.4 Å². The van der Waals surface area contributed by atoms with Gasteiger partial charge in [0.2, 0.25) is 5.82 Å². The van der Waals surface area contributed by atoms with Crippen molar-refractivity contribution in [2.45, 2.75) is 6.42 Å². The maximum absolute atomic E-state index is 11.6. The van der Waals surface area contributed by atoms with Crippen molar-refractivity contribution in [3.05, 3.63) is 58.9 Å². The number of rotatable bonds is 2. The third-order valence-electron chi connectivity index (χ3n) is 4.00. The van der Waals surface area contributed by atoms with Crippen molar-refractivity contribution >= 4 is 39.9 Å². The molecular formula is C17H13ClN4O. The summed E-state index contributed by atoms with van der Waals surface area (Å²) in [7, 11) is 0. The quantitative estimate of drug-likeness (QED) is 0.786. The summed E-state index contributed by atoms with van der Waals surface area (Å²) in [6.45, 7) is 0.773. The molecule has 2 aromatic carbocycles. The van der Waals surface area contributed by atoms with Crippen LogP contribution in [0, 0.1) is 0 Å². The van der Waals surface area contributed by atoms with Crippen LogP contribution in [0.15, 0.2) is 42.5 Å². The Morgan fingerprint density at radius 3 is 2.83 bits per heavy atom. The molecule has 0 radical (unpaired) electrons. The summed E-state index contributed by atoms with van der Waals surface area (Å²) in [6.07, 6.45) is 0.900. The van der Waals surface area contributed by atoms with E-state index in [1.165, 1.54) is 5.56 Å². The van der Waals surface area contributed by atoms with Gasteiger partial charge >= 0.3 is 0 Å². The molecule has 0 atom stereocenters. The molecule has 0 bridgehead atoms. The van der Waals surface area contributed by atoms with E-state index in [-0.39, 0.29) is 5.82 Å². The molecule has 0 aliphatic carbocycles. The smallest absolute Gasteiger partial charge is 0.286 e. The lowest BCUT2D eigenvalue weighted by atomic mass is 10.1. The number of hydrogen-bond acceptors (Lipinski definition) is 4. The fourth-order valence-electron chi connectivity index (χ4n) is 2.95. The van der Waals surface area contributed by atoms with Crippen LogP contribution in [0.5, 0.6) is 0 Å². The minimum atomic E-state index is -0.637. The van der Waals surface area contributed by atoms with Gasteiger partial charge in [-0.25, -0.2) is 9.97 Å². The van der Waals surface area contributed by atoms with Gasteiger partial charge in [0.15, 0.2) is 0 Å². The Hall–Kier alpha value is -2.66. The first-order valence-corrected chi connectivity index (χ1v) is 7.64. The molecule has 2 heterocycles. The zero-order valence-corrected chi connectivity index (χ0v) is 12.9. The van der Waals surface area contributed by atoms with Gasteiger partial charge in [-0.3, -0.25) is 4.79 Å². The SMILES string of the molecule is NC(=O)c1nc(N2CCc3ccc(Cl)cc32)c2ccccc2n1. The topological polar surface area (TPSA) is 72.1 Å². The normalized spacial score (nSPS) is 13.3. The zero-order chi connectivity index (χ0) is 16.0. The molecule has 3 aromatic rings. The molecule has 0 unspecified atom stereocenters. The van der Waals surface area contributed by atoms with Crippen LogP contribution < -0.4 is 10.6 Å². The van der Waals surface area contributed by atoms with E-state index in [1.54, 1.807) is 0 Å². The number of para-hydroxylation sites is 1. The number of carbonyl (C=O) groups is 1. The second kappa shape index (κ2) is 5.21. The molecule has 5 nitrogen and oxygen atoms in total. The second-order valence-electron chi connectivity index (χ2n) is 5.43. The molecule has 0 fully saturated rings. The summed E-state index contributed by atoms with van der Waals surface area (Å²) in [4.78, 5) is 22.3. The van der Waals surface area contributed by atoms with Crippen LogP contribution in [0.4, 0.5) is 11.5 Å². The maximum Gasteiger partial charge on any atom is 0.286 e. The molecule has 23 heavy (non-hydrogen) atoms. The van der Waals surface area contributed by atoms with E-state index in [0.717, 1.165) is 24.0 Å². The third-order valence-corrected chi connectivity index (χ3v) is 4.24. The number of aromatic nitrogens is 2. The monoisotopic (exact) mass is 324 g/mol. The van der Waals surface area contributed by atoms with E-state index in [9.17, 15) is 4.79 Å². The zero-order valence-electron chi connectivity index (χ0n) is 12.2. The number of benzene rings is 2. The van der Waals surface area contributed by atoms with Gasteiger partial charge in [-0.15, -0.1) is 0 Å². The lowest BCUT2D eigenvalue weighted by Crippen LogP contribution is -2.20. The third kappa shape index (κ3) is 2.29. The minimum Gasteiger partial charge on any atom is -0.363 e. The van der Waals surface area contributed by atoms with E-state index >= 15 is 0 Å². The van der Waals surface area contributed by atoms with Gasteiger partial charge in [0.25, 0.3) is 5.91 Å². The Labute approximate surface area is 137 Å². The number of halogens is 1. The first-order valence-electron chi connectivity index (χ1n) is 7.26. The number of hydrogen-bond donors (Lipinski definition) is 1. The fourth-order valence-corrected chi connectivity index (χ4v) is 3.11. The van der Waals surface area contributed by atoms with Gasteiger partial charge in [-0.05, 0) is 36.2 Å². The van der Waals surface area contributed by atoms with E-state index < -0.39 is 5.91 Å². The Morgan fingerprint density at radius 1 is 1.17 bits per heavy atom. The fraction of sp³-hybridized carbons (Fsp3) is 0.118. The molecule has 1 aliphatic heterocycles. The Balaban J connectivity index is 1.96. The van der Waals surface area contributed by atoms with Gasteiger partial charge in [0.05, 0.1) is 5.52 Å². The van der Waals surface area contributed by atoms with E-state index in [2.05, 4.69) is 14.9 Å². The van der Waals surface area contributed by atoms with Crippen molar-refractivity contribution in [1.29, 1.82) is 0 Å². The van der Waals surface area contributed by atoms with Crippen LogP contribution in [0.25, 0.3) is 10.9 Å². The Bertz CT molecular complexity index is 941. The number of nitrogens with zero attached hydrogens (tertiary/aromatic N) is 3. The highest BCUT2D eigenvalue weighted by Gasteiger charge is 2.24. The largest absolute Gasteiger partial charge is 0.363 e. The average molecular weight is 325 g/mol. The van der Waals surface area contributed by atoms with Gasteiger partial charge < -0.3 is 10.6 Å². The van der Waals surface area contributed by atoms with Crippen molar-refractivity contribution in [2.75, 3.05) is 11.4 Å². The highest BCUT2D eigenvalue weighted by Crippen LogP contribution is 2.38. The summed E-state index contributed by atoms with van der Waals surface area (Å²) in [5.74, 6) is 0.0714. The minimum absolute atomic E-state index is 0.0224. The van der Waals surface area contributed by atoms with Gasteiger partial charge in [-0.1, -0.05) is 29.8 Å². The Kier molecular flexibility index (Phi) is 3.16. The lowest BCUT2D eigenvalue weighted by molar-refractivity contribution is 0.0991. The molecular weight excluding hydrogens is 312 g/mol. The molecule has 1 aromatic heterocycles. The summed E-state index contributed by atoms with van der Waals surface area (Å²) in [5.41, 5.74) is 8.30. The van der Waals surface area contributed by atoms with Gasteiger partial charge in [-0.2, -0.15) is 0 Å². The number of fused-ring (bicyclic) bond motifs is 2. The van der Waals surface area contributed by atoms with Crippen LogP contribution >= 0.6 is 11.6 Å². The van der Waals surface area contributed by atoms with Gasteiger partial charge in [0, 0.05) is 22.6 Å². The van der Waals surface area contributed by atoms with Crippen molar-refractivity contribution in [3.63, 3.8) is 0 Å². The molecule has 6 heteroatoms. The number of anilines is 2. The summed E-state index contributed by atoms with van der Waals surface area (Å²) < 4.78 is 0. The summed E-state index contributed by atoms with van der Waals surface area (Å²) in [6, 6.07) is 13.4. The summed E-state index contributed by atoms with van der Waals surface area (Å²) in [5, 5.41) is 1.55. The van der Waals surface area contributed by atoms with Crippen LogP contribution in [0.2, 0.25) is 5.02 Å². The van der Waals surface area contributed by atoms with Crippen LogP contribution in [0.3, 0.4) is 0 Å². The standard InChI is InChI=1S/C17H13ClN4O/c18-11-6-5-10-7-8-22(14(10)9-11)17-12-3-1-2-4-13(12)20-16(21-17)15(19)23/h1-6,9H,7-8H2,(H2,19,23). The summed E-state index contributed by atoms with van der Waals surface area (Å²) >= 11 is 6.14. The first-order chi connectivity index (χ1) is 11.1. The second-order valence-corrected chi connectivity index (χ2v) is 5.86. The molecule has 0 saturated heterocycles. The van der Waals surface area contributed by atoms with E-state index in [4.69, 9.17) is 17.3 Å². The highest BCUT2D eigenvalue weighted by molar-refractivity contribution is 6.31. The molecule has 2 N–H and O–H groups in total. The molecule has 114 valence electrons. The number of primary amides is 1. The van der Waals surface area contributed by atoms with Crippen molar-refractivity contribution in [2.24, 2.45) is 5.73 Å². The first kappa shape index (κ1) is 14.0. The van der Waals surface area contributed by atoms with Crippen LogP contribution in [-0.4, -0.2) is 22.4 Å². The van der Waals surface area contributed by atoms with Gasteiger partial charge in [0.1, 0.15) is 5.82 Å². The lowest BCUT2D eigenvalue weighted by Gasteiger charge is -2.20. The Morgan fingerprint density at radius 2 is 2.00 bits per heavy atom. The molecule has 4 rings (SSSR count). The number of carbonyl (C=O) groups excluding carboxylic acids is 1. The predicted molar refractivity (Wildman–Crippen MR) is 90.2 cm³/mol. The average Bonchev–Trinajstić information content (AvgIpc) is 2.96. The van der Waals surface area contributed by atoms with Crippen LogP contribution in [-0.2, 0) is 6.42 Å². The van der Waals surface area contributed by atoms with Crippen LogP contribution in [0.1, 0.15) is 16.2 Å². The molecule has 1 aliphatic rings. The van der Waals surface area contributed by atoms with E-state index in [1.807, 2.05) is 42.5 Å². The van der Waals surface area contributed by atoms with Crippen molar-refractivity contribution in [3.8, 4) is 0 Å². The maximum atomic E-state index is 11.6. The van der Waals surface area contributed by atoms with Crippen molar-refractivity contribution in [1.82, 2.24) is 9.97 Å². The molecule has 0 spiro atoms. The highest BCUT2D eigenvalue weighted by atomic mass is 35.5. The molecule has 0 saturated carbocycles.